The van der Waals surface area contributed by atoms with Gasteiger partial charge in [0, 0.05) is 22.8 Å². The van der Waals surface area contributed by atoms with Gasteiger partial charge < -0.3 is 19.3 Å². The minimum absolute atomic E-state index is 0.00466. The fourth-order valence-electron chi connectivity index (χ4n) is 6.00. The molecular formula is C38H32ClN3O6S2. The molecule has 0 saturated carbocycles. The number of ketones is 1. The van der Waals surface area contributed by atoms with Crippen LogP contribution in [0.5, 0.6) is 17.2 Å². The summed E-state index contributed by atoms with van der Waals surface area (Å²) in [6.45, 7) is 4.50. The lowest BCUT2D eigenvalue weighted by atomic mass is 9.94. The zero-order chi connectivity index (χ0) is 34.8. The first-order valence-corrected chi connectivity index (χ1v) is 18.2. The molecule has 0 spiro atoms. The van der Waals surface area contributed by atoms with Gasteiger partial charge in [0.05, 0.1) is 18.2 Å². The summed E-state index contributed by atoms with van der Waals surface area (Å²) in [5.41, 5.74) is 3.70. The van der Waals surface area contributed by atoms with Gasteiger partial charge in [0.25, 0.3) is 5.78 Å². The second-order valence-electron chi connectivity index (χ2n) is 11.8. The molecule has 9 nitrogen and oxygen atoms in total. The Hall–Kier alpha value is -4.84. The average Bonchev–Trinajstić information content (AvgIpc) is 3.82. The second-order valence-corrected chi connectivity index (χ2v) is 14.4. The first kappa shape index (κ1) is 33.6. The Labute approximate surface area is 302 Å². The summed E-state index contributed by atoms with van der Waals surface area (Å²) >= 11 is 8.97. The highest BCUT2D eigenvalue weighted by atomic mass is 35.5. The Morgan fingerprint density at radius 3 is 2.60 bits per heavy atom. The number of thioether (sulfide) groups is 1. The largest absolute Gasteiger partial charge is 0.507 e. The number of halogens is 1. The van der Waals surface area contributed by atoms with E-state index < -0.39 is 17.7 Å². The summed E-state index contributed by atoms with van der Waals surface area (Å²) in [4.78, 5) is 29.1. The summed E-state index contributed by atoms with van der Waals surface area (Å²) in [6.07, 6.45) is 0.658. The molecule has 0 bridgehead atoms. The SMILES string of the molecule is CCOc1cc(C2C(=C(O)c3ccc4c(c3)CC(C)O4)C(=O)C(=O)N2c2nnc(SCc3ccccc3Cl)s2)ccc1OCc1ccccc1. The molecule has 50 heavy (non-hydrogen) atoms. The van der Waals surface area contributed by atoms with E-state index in [4.69, 9.17) is 25.8 Å². The molecule has 1 saturated heterocycles. The van der Waals surface area contributed by atoms with E-state index in [1.165, 1.54) is 28.0 Å². The van der Waals surface area contributed by atoms with E-state index in [2.05, 4.69) is 10.2 Å². The van der Waals surface area contributed by atoms with Crippen LogP contribution in [0.25, 0.3) is 5.76 Å². The van der Waals surface area contributed by atoms with Crippen molar-refractivity contribution in [3.8, 4) is 17.2 Å². The fraction of sp³-hybridized carbons (Fsp3) is 0.211. The lowest BCUT2D eigenvalue weighted by molar-refractivity contribution is -0.132. The quantitative estimate of drug-likeness (QED) is 0.0472. The van der Waals surface area contributed by atoms with Gasteiger partial charge in [-0.1, -0.05) is 89.3 Å². The number of aromatic nitrogens is 2. The standard InChI is InChI=1S/C38H32ClN3O6S2/c1-3-46-31-19-24(13-16-30(31)47-20-23-9-5-4-6-10-23)33-32(34(43)25-14-15-29-27(18-25)17-22(2)48-29)35(44)36(45)42(33)37-40-41-38(50-37)49-21-26-11-7-8-12-28(26)39/h4-16,18-19,22,33,43H,3,17,20-21H2,1-2H3. The van der Waals surface area contributed by atoms with Crippen LogP contribution in [0, 0.1) is 0 Å². The van der Waals surface area contributed by atoms with Gasteiger partial charge >= 0.3 is 5.91 Å². The number of ether oxygens (including phenoxy) is 3. The third-order valence-corrected chi connectivity index (χ3v) is 10.8. The van der Waals surface area contributed by atoms with Crippen molar-refractivity contribution in [3.63, 3.8) is 0 Å². The number of amides is 1. The Morgan fingerprint density at radius 2 is 1.80 bits per heavy atom. The molecule has 5 aromatic rings. The number of hydrogen-bond donors (Lipinski definition) is 1. The lowest BCUT2D eigenvalue weighted by Gasteiger charge is -2.24. The molecule has 1 aromatic heterocycles. The van der Waals surface area contributed by atoms with Gasteiger partial charge in [-0.05, 0) is 72.5 Å². The van der Waals surface area contributed by atoms with Gasteiger partial charge in [0.15, 0.2) is 15.8 Å². The van der Waals surface area contributed by atoms with Crippen LogP contribution in [0.1, 0.15) is 47.7 Å². The number of anilines is 1. The maximum Gasteiger partial charge on any atom is 0.301 e. The Kier molecular flexibility index (Phi) is 9.80. The summed E-state index contributed by atoms with van der Waals surface area (Å²) in [7, 11) is 0. The average molecular weight is 726 g/mol. The van der Waals surface area contributed by atoms with Gasteiger partial charge in [-0.25, -0.2) is 0 Å². The number of Topliss-reactive ketones (excluding diaryl/α,β-unsaturated/α-hetero) is 1. The minimum atomic E-state index is -1.03. The number of carbonyl (C=O) groups is 2. The van der Waals surface area contributed by atoms with Crippen LogP contribution in [-0.4, -0.2) is 39.7 Å². The van der Waals surface area contributed by atoms with E-state index in [1.54, 1.807) is 36.4 Å². The molecule has 2 unspecified atom stereocenters. The lowest BCUT2D eigenvalue weighted by Crippen LogP contribution is -2.29. The van der Waals surface area contributed by atoms with Crippen molar-refractivity contribution in [1.29, 1.82) is 0 Å². The van der Waals surface area contributed by atoms with Gasteiger partial charge in [-0.15, -0.1) is 10.2 Å². The first-order valence-electron chi connectivity index (χ1n) is 16.0. The van der Waals surface area contributed by atoms with Crippen molar-refractivity contribution in [2.24, 2.45) is 0 Å². The Morgan fingerprint density at radius 1 is 1.00 bits per heavy atom. The monoisotopic (exact) mass is 725 g/mol. The summed E-state index contributed by atoms with van der Waals surface area (Å²) < 4.78 is 18.6. The van der Waals surface area contributed by atoms with Crippen molar-refractivity contribution in [3.05, 3.63) is 129 Å². The van der Waals surface area contributed by atoms with Gasteiger partial charge in [0.2, 0.25) is 5.13 Å². The van der Waals surface area contributed by atoms with E-state index in [9.17, 15) is 14.7 Å². The first-order chi connectivity index (χ1) is 24.3. The van der Waals surface area contributed by atoms with Crippen LogP contribution in [0.3, 0.4) is 0 Å². The van der Waals surface area contributed by atoms with E-state index >= 15 is 0 Å². The van der Waals surface area contributed by atoms with Crippen molar-refractivity contribution >= 4 is 57.3 Å². The number of rotatable bonds is 11. The molecule has 7 rings (SSSR count). The zero-order valence-electron chi connectivity index (χ0n) is 27.2. The molecule has 3 heterocycles. The number of fused-ring (bicyclic) bond motifs is 1. The van der Waals surface area contributed by atoms with Crippen LogP contribution < -0.4 is 19.1 Å². The third-order valence-electron chi connectivity index (χ3n) is 8.35. The molecular weight excluding hydrogens is 694 g/mol. The van der Waals surface area contributed by atoms with Gasteiger partial charge in [-0.2, -0.15) is 0 Å². The van der Waals surface area contributed by atoms with E-state index in [1.807, 2.05) is 68.4 Å². The highest BCUT2D eigenvalue weighted by molar-refractivity contribution is 8.00. The summed E-state index contributed by atoms with van der Waals surface area (Å²) in [6, 6.07) is 26.8. The minimum Gasteiger partial charge on any atom is -0.507 e. The van der Waals surface area contributed by atoms with Crippen LogP contribution in [0.15, 0.2) is 101 Å². The third kappa shape index (κ3) is 6.81. The molecule has 2 atom stereocenters. The van der Waals surface area contributed by atoms with Gasteiger partial charge in [-0.3, -0.25) is 14.5 Å². The topological polar surface area (TPSA) is 111 Å². The van der Waals surface area contributed by atoms with Crippen LogP contribution in [-0.2, 0) is 28.4 Å². The zero-order valence-corrected chi connectivity index (χ0v) is 29.6. The number of aliphatic hydroxyl groups is 1. The Bertz CT molecular complexity index is 2100. The molecule has 0 aliphatic carbocycles. The van der Waals surface area contributed by atoms with Crippen molar-refractivity contribution in [2.75, 3.05) is 11.5 Å². The number of nitrogens with zero attached hydrogens (tertiary/aromatic N) is 3. The van der Waals surface area contributed by atoms with Crippen molar-refractivity contribution in [1.82, 2.24) is 10.2 Å². The maximum atomic E-state index is 13.9. The number of aliphatic hydroxyl groups excluding tert-OH is 1. The van der Waals surface area contributed by atoms with Crippen molar-refractivity contribution in [2.45, 2.75) is 49.1 Å². The fourth-order valence-corrected chi connectivity index (χ4v) is 8.15. The molecule has 1 amide bonds. The van der Waals surface area contributed by atoms with E-state index in [-0.39, 0.29) is 22.6 Å². The second kappa shape index (κ2) is 14.6. The number of benzene rings is 4. The highest BCUT2D eigenvalue weighted by Crippen LogP contribution is 2.46. The molecule has 2 aliphatic rings. The molecule has 254 valence electrons. The predicted molar refractivity (Wildman–Crippen MR) is 194 cm³/mol. The molecule has 1 fully saturated rings. The van der Waals surface area contributed by atoms with E-state index in [0.29, 0.717) is 57.4 Å². The van der Waals surface area contributed by atoms with Crippen LogP contribution in [0.2, 0.25) is 5.02 Å². The molecule has 4 aromatic carbocycles. The number of carbonyl (C=O) groups excluding carboxylic acids is 2. The summed E-state index contributed by atoms with van der Waals surface area (Å²) in [5.74, 6) is 0.255. The maximum absolute atomic E-state index is 13.9. The summed E-state index contributed by atoms with van der Waals surface area (Å²) in [5, 5.41) is 21.4. The van der Waals surface area contributed by atoms with Crippen LogP contribution in [0.4, 0.5) is 5.13 Å². The normalized spacial score (nSPS) is 17.9. The predicted octanol–water partition coefficient (Wildman–Crippen LogP) is 8.41. The highest BCUT2D eigenvalue weighted by Gasteiger charge is 2.48. The molecule has 1 N–H and O–H groups in total. The molecule has 2 aliphatic heterocycles. The number of hydrogen-bond acceptors (Lipinski definition) is 10. The Balaban J connectivity index is 1.28. The molecule has 0 radical (unpaired) electrons. The molecule has 12 heteroatoms. The smallest absolute Gasteiger partial charge is 0.301 e. The van der Waals surface area contributed by atoms with Gasteiger partial charge in [0.1, 0.15) is 24.2 Å². The van der Waals surface area contributed by atoms with E-state index in [0.717, 1.165) is 22.4 Å². The van der Waals surface area contributed by atoms with Crippen LogP contribution >= 0.6 is 34.7 Å². The van der Waals surface area contributed by atoms with Crippen molar-refractivity contribution < 1.29 is 28.9 Å².